The quantitative estimate of drug-likeness (QED) is 0.265. The van der Waals surface area contributed by atoms with Crippen molar-refractivity contribution in [2.24, 2.45) is 0 Å². The van der Waals surface area contributed by atoms with Crippen LogP contribution in [0, 0.1) is 17.1 Å². The molecule has 0 fully saturated rings. The van der Waals surface area contributed by atoms with Crippen LogP contribution in [0.5, 0.6) is 0 Å². The monoisotopic (exact) mass is 569 g/mol. The van der Waals surface area contributed by atoms with Gasteiger partial charge in [0.1, 0.15) is 23.3 Å². The number of hydrogen-bond acceptors (Lipinski definition) is 9. The highest BCUT2D eigenvalue weighted by molar-refractivity contribution is 7.90. The SMILES string of the molecule is CS(=O)(=O)c1ccc(-c2c(CCNc3nc(N)nc(N)c3C#N)c(-c3ccccc3)c(=O)n3cc(F)ccc23)cc1. The number of anilines is 3. The molecule has 0 radical (unpaired) electrons. The summed E-state index contributed by atoms with van der Waals surface area (Å²) in [7, 11) is -3.45. The largest absolute Gasteiger partial charge is 0.382 e. The molecule has 5 rings (SSSR count). The van der Waals surface area contributed by atoms with Crippen LogP contribution in [-0.4, -0.2) is 35.6 Å². The molecule has 5 aromatic rings. The van der Waals surface area contributed by atoms with Gasteiger partial charge in [-0.3, -0.25) is 9.20 Å². The zero-order valence-electron chi connectivity index (χ0n) is 21.8. The van der Waals surface area contributed by atoms with Gasteiger partial charge in [0.15, 0.2) is 15.7 Å². The third-order valence-electron chi connectivity index (χ3n) is 6.57. The van der Waals surface area contributed by atoms with Crippen molar-refractivity contribution in [2.45, 2.75) is 11.3 Å². The maximum Gasteiger partial charge on any atom is 0.263 e. The average Bonchev–Trinajstić information content (AvgIpc) is 2.93. The van der Waals surface area contributed by atoms with Gasteiger partial charge in [-0.25, -0.2) is 12.8 Å². The smallest absolute Gasteiger partial charge is 0.263 e. The molecule has 0 aliphatic heterocycles. The molecule has 10 nitrogen and oxygen atoms in total. The van der Waals surface area contributed by atoms with E-state index in [4.69, 9.17) is 11.5 Å². The van der Waals surface area contributed by atoms with Crippen molar-refractivity contribution in [3.8, 4) is 28.3 Å². The molecule has 0 aliphatic carbocycles. The molecule has 0 saturated heterocycles. The second-order valence-electron chi connectivity index (χ2n) is 9.28. The second-order valence-corrected chi connectivity index (χ2v) is 11.3. The highest BCUT2D eigenvalue weighted by Crippen LogP contribution is 2.35. The number of sulfone groups is 1. The Bertz CT molecular complexity index is 2000. The lowest BCUT2D eigenvalue weighted by Gasteiger charge is -2.20. The summed E-state index contributed by atoms with van der Waals surface area (Å²) < 4.78 is 39.9. The fourth-order valence-electron chi connectivity index (χ4n) is 4.76. The van der Waals surface area contributed by atoms with Crippen LogP contribution in [0.15, 0.2) is 82.6 Å². The first-order valence-electron chi connectivity index (χ1n) is 12.4. The summed E-state index contributed by atoms with van der Waals surface area (Å²) in [5, 5.41) is 12.6. The molecule has 0 spiro atoms. The van der Waals surface area contributed by atoms with Crippen LogP contribution in [0.1, 0.15) is 11.1 Å². The first kappa shape index (κ1) is 27.3. The Balaban J connectivity index is 1.74. The highest BCUT2D eigenvalue weighted by Gasteiger charge is 2.22. The Kier molecular flexibility index (Phi) is 7.13. The van der Waals surface area contributed by atoms with Gasteiger partial charge in [-0.1, -0.05) is 42.5 Å². The zero-order chi connectivity index (χ0) is 29.3. The number of nitrogens with two attached hydrogens (primary N) is 2. The van der Waals surface area contributed by atoms with Gasteiger partial charge in [0.05, 0.1) is 16.0 Å². The maximum atomic E-state index is 14.4. The van der Waals surface area contributed by atoms with Crippen molar-refractivity contribution < 1.29 is 12.8 Å². The lowest BCUT2D eigenvalue weighted by molar-refractivity contribution is 0.602. The predicted molar refractivity (Wildman–Crippen MR) is 155 cm³/mol. The molecule has 206 valence electrons. The van der Waals surface area contributed by atoms with Crippen LogP contribution in [0.2, 0.25) is 0 Å². The lowest BCUT2D eigenvalue weighted by atomic mass is 9.90. The average molecular weight is 570 g/mol. The Hall–Kier alpha value is -5.28. The Labute approximate surface area is 234 Å². The van der Waals surface area contributed by atoms with Crippen molar-refractivity contribution in [3.63, 3.8) is 0 Å². The van der Waals surface area contributed by atoms with Crippen molar-refractivity contribution in [2.75, 3.05) is 29.6 Å². The number of halogens is 1. The number of benzene rings is 2. The van der Waals surface area contributed by atoms with Gasteiger partial charge in [0.2, 0.25) is 5.95 Å². The van der Waals surface area contributed by atoms with E-state index in [9.17, 15) is 22.9 Å². The number of nitrogen functional groups attached to an aromatic ring is 2. The molecule has 0 bridgehead atoms. The number of nitrogens with one attached hydrogen (secondary N) is 1. The molecule has 3 aromatic heterocycles. The summed E-state index contributed by atoms with van der Waals surface area (Å²) >= 11 is 0. The first-order chi connectivity index (χ1) is 19.6. The van der Waals surface area contributed by atoms with Gasteiger partial charge in [-0.15, -0.1) is 0 Å². The number of fused-ring (bicyclic) bond motifs is 1. The fourth-order valence-corrected chi connectivity index (χ4v) is 5.39. The number of nitriles is 1. The molecule has 0 aliphatic rings. The predicted octanol–water partition coefficient (Wildman–Crippen LogP) is 3.66. The molecule has 0 atom stereocenters. The van der Waals surface area contributed by atoms with E-state index >= 15 is 0 Å². The minimum absolute atomic E-state index is 0.0353. The van der Waals surface area contributed by atoms with E-state index in [1.54, 1.807) is 36.4 Å². The third kappa shape index (κ3) is 5.30. The fraction of sp³-hybridized carbons (Fsp3) is 0.103. The van der Waals surface area contributed by atoms with Gasteiger partial charge in [-0.2, -0.15) is 15.2 Å². The molecule has 0 saturated carbocycles. The zero-order valence-corrected chi connectivity index (χ0v) is 22.6. The summed E-state index contributed by atoms with van der Waals surface area (Å²) in [4.78, 5) is 21.9. The molecular formula is C29H24FN7O3S. The van der Waals surface area contributed by atoms with Crippen molar-refractivity contribution >= 4 is 32.9 Å². The molecule has 41 heavy (non-hydrogen) atoms. The Morgan fingerprint density at radius 1 is 0.976 bits per heavy atom. The maximum absolute atomic E-state index is 14.4. The van der Waals surface area contributed by atoms with Crippen molar-refractivity contribution in [1.29, 1.82) is 5.26 Å². The summed E-state index contributed by atoms with van der Waals surface area (Å²) in [5.74, 6) is -0.608. The highest BCUT2D eigenvalue weighted by atomic mass is 32.2. The first-order valence-corrected chi connectivity index (χ1v) is 14.3. The van der Waals surface area contributed by atoms with Gasteiger partial charge in [-0.05, 0) is 47.4 Å². The van der Waals surface area contributed by atoms with Gasteiger partial charge < -0.3 is 16.8 Å². The lowest BCUT2D eigenvalue weighted by Crippen LogP contribution is -2.21. The van der Waals surface area contributed by atoms with Crippen molar-refractivity contribution in [1.82, 2.24) is 14.4 Å². The van der Waals surface area contributed by atoms with Crippen LogP contribution < -0.4 is 22.3 Å². The van der Waals surface area contributed by atoms with Crippen LogP contribution >= 0.6 is 0 Å². The molecule has 0 unspecified atom stereocenters. The molecule has 3 heterocycles. The number of nitrogens with zero attached hydrogens (tertiary/aromatic N) is 4. The van der Waals surface area contributed by atoms with E-state index in [1.807, 2.05) is 12.1 Å². The second kappa shape index (κ2) is 10.7. The summed E-state index contributed by atoms with van der Waals surface area (Å²) in [6.07, 6.45) is 2.51. The third-order valence-corrected chi connectivity index (χ3v) is 7.70. The Morgan fingerprint density at radius 2 is 1.66 bits per heavy atom. The summed E-state index contributed by atoms with van der Waals surface area (Å²) in [5.41, 5.74) is 14.5. The van der Waals surface area contributed by atoms with E-state index in [-0.39, 0.29) is 41.0 Å². The van der Waals surface area contributed by atoms with Crippen LogP contribution in [0.3, 0.4) is 0 Å². The number of rotatable bonds is 7. The standard InChI is InChI=1S/C29H24FN7O3S/c1-41(39,40)20-10-7-18(8-11-20)24-21(13-14-34-27-22(15-31)26(32)35-29(33)36-27)25(17-5-3-2-4-6-17)28(38)37-16-19(30)9-12-23(24)37/h2-12,16H,13-14H2,1H3,(H5,32,33,34,35,36). The topological polar surface area (TPSA) is 169 Å². The van der Waals surface area contributed by atoms with E-state index in [0.717, 1.165) is 12.5 Å². The summed E-state index contributed by atoms with van der Waals surface area (Å²) in [6.45, 7) is 0.204. The van der Waals surface area contributed by atoms with Gasteiger partial charge >= 0.3 is 0 Å². The van der Waals surface area contributed by atoms with E-state index in [2.05, 4.69) is 15.3 Å². The normalized spacial score (nSPS) is 11.3. The van der Waals surface area contributed by atoms with E-state index in [1.165, 1.54) is 28.7 Å². The van der Waals surface area contributed by atoms with Gasteiger partial charge in [0.25, 0.3) is 5.56 Å². The Morgan fingerprint density at radius 3 is 2.32 bits per heavy atom. The molecule has 0 amide bonds. The van der Waals surface area contributed by atoms with Crippen LogP contribution in [0.4, 0.5) is 22.0 Å². The number of hydrogen-bond donors (Lipinski definition) is 3. The molecule has 2 aromatic carbocycles. The minimum atomic E-state index is -3.45. The summed E-state index contributed by atoms with van der Waals surface area (Å²) in [6, 6.07) is 20.0. The van der Waals surface area contributed by atoms with E-state index < -0.39 is 21.2 Å². The van der Waals surface area contributed by atoms with Crippen molar-refractivity contribution in [3.05, 3.63) is 100 Å². The minimum Gasteiger partial charge on any atom is -0.382 e. The van der Waals surface area contributed by atoms with E-state index in [0.29, 0.717) is 33.3 Å². The van der Waals surface area contributed by atoms with Crippen LogP contribution in [-0.2, 0) is 16.3 Å². The van der Waals surface area contributed by atoms with Gasteiger partial charge in [0, 0.05) is 24.6 Å². The molecular weight excluding hydrogens is 545 g/mol. The molecule has 5 N–H and O–H groups in total. The molecule has 12 heteroatoms. The van der Waals surface area contributed by atoms with Crippen LogP contribution in [0.25, 0.3) is 27.8 Å². The number of pyridine rings is 2. The number of aromatic nitrogens is 3.